The summed E-state index contributed by atoms with van der Waals surface area (Å²) in [4.78, 5) is 23.8. The van der Waals surface area contributed by atoms with E-state index in [1.165, 1.54) is 12.8 Å². The topological polar surface area (TPSA) is 69.6 Å². The Hall–Kier alpha value is -1.10. The van der Waals surface area contributed by atoms with Gasteiger partial charge in [-0.15, -0.1) is 0 Å². The smallest absolute Gasteiger partial charge is 0.310 e. The maximum absolute atomic E-state index is 11.6. The summed E-state index contributed by atoms with van der Waals surface area (Å²) in [5.74, 6) is -1.12. The molecule has 90 valence electrons. The Labute approximate surface area is 94.8 Å². The zero-order valence-electron chi connectivity index (χ0n) is 9.32. The van der Waals surface area contributed by atoms with Crippen molar-refractivity contribution in [2.45, 2.75) is 31.7 Å². The van der Waals surface area contributed by atoms with Crippen LogP contribution in [0.15, 0.2) is 0 Å². The van der Waals surface area contributed by atoms with E-state index in [1.807, 2.05) is 0 Å². The summed E-state index contributed by atoms with van der Waals surface area (Å²) in [5.41, 5.74) is 0. The van der Waals surface area contributed by atoms with Crippen molar-refractivity contribution in [2.24, 2.45) is 5.92 Å². The Balaban J connectivity index is 1.64. The lowest BCUT2D eigenvalue weighted by Gasteiger charge is -2.36. The Bertz CT molecular complexity index is 281. The van der Waals surface area contributed by atoms with Gasteiger partial charge in [0.1, 0.15) is 0 Å². The molecular formula is C11H18N2O3. The summed E-state index contributed by atoms with van der Waals surface area (Å²) < 4.78 is 0. The summed E-state index contributed by atoms with van der Waals surface area (Å²) in [6.45, 7) is 1.11. The molecule has 0 atom stereocenters. The van der Waals surface area contributed by atoms with Gasteiger partial charge in [-0.3, -0.25) is 9.59 Å². The fourth-order valence-corrected chi connectivity index (χ4v) is 2.31. The largest absolute Gasteiger partial charge is 0.481 e. The lowest BCUT2D eigenvalue weighted by Crippen LogP contribution is -2.55. The zero-order valence-corrected chi connectivity index (χ0v) is 9.32. The van der Waals surface area contributed by atoms with Crippen molar-refractivity contribution in [2.75, 3.05) is 19.6 Å². The summed E-state index contributed by atoms with van der Waals surface area (Å²) >= 11 is 0. The first kappa shape index (κ1) is 11.4. The number of amides is 1. The van der Waals surface area contributed by atoms with Gasteiger partial charge >= 0.3 is 5.97 Å². The van der Waals surface area contributed by atoms with E-state index in [0.29, 0.717) is 25.7 Å². The fourth-order valence-electron chi connectivity index (χ4n) is 2.31. The maximum atomic E-state index is 11.6. The first-order valence-electron chi connectivity index (χ1n) is 5.91. The minimum atomic E-state index is -0.798. The number of hydrogen-bond acceptors (Lipinski definition) is 3. The monoisotopic (exact) mass is 226 g/mol. The van der Waals surface area contributed by atoms with E-state index >= 15 is 0 Å². The van der Waals surface area contributed by atoms with Gasteiger partial charge in [0.25, 0.3) is 0 Å². The Morgan fingerprint density at radius 3 is 2.44 bits per heavy atom. The van der Waals surface area contributed by atoms with Crippen molar-refractivity contribution in [1.29, 1.82) is 0 Å². The normalized spacial score (nSPS) is 22.1. The molecule has 0 aromatic carbocycles. The van der Waals surface area contributed by atoms with Gasteiger partial charge in [-0.25, -0.2) is 0 Å². The van der Waals surface area contributed by atoms with E-state index in [9.17, 15) is 9.59 Å². The van der Waals surface area contributed by atoms with Gasteiger partial charge in [0, 0.05) is 19.1 Å². The van der Waals surface area contributed by atoms with Gasteiger partial charge in [0.15, 0.2) is 0 Å². The van der Waals surface area contributed by atoms with Gasteiger partial charge in [-0.1, -0.05) is 12.8 Å². The second kappa shape index (κ2) is 4.82. The van der Waals surface area contributed by atoms with Crippen LogP contribution in [0.4, 0.5) is 0 Å². The Morgan fingerprint density at radius 1 is 1.25 bits per heavy atom. The van der Waals surface area contributed by atoms with Crippen molar-refractivity contribution >= 4 is 11.9 Å². The molecular weight excluding hydrogens is 208 g/mol. The van der Waals surface area contributed by atoms with Crippen LogP contribution in [0.3, 0.4) is 0 Å². The highest BCUT2D eigenvalue weighted by Crippen LogP contribution is 2.18. The van der Waals surface area contributed by atoms with Crippen molar-refractivity contribution in [3.63, 3.8) is 0 Å². The molecule has 1 amide bonds. The quantitative estimate of drug-likeness (QED) is 0.711. The van der Waals surface area contributed by atoms with E-state index in [1.54, 1.807) is 4.90 Å². The molecule has 1 aliphatic heterocycles. The molecule has 0 unspecified atom stereocenters. The van der Waals surface area contributed by atoms with Gasteiger partial charge in [-0.05, 0) is 12.8 Å². The standard InChI is InChI=1S/C11H18N2O3/c14-10(5-12-9-3-1-2-4-9)13-6-8(7-13)11(15)16/h8-9,12H,1-7H2,(H,15,16). The molecule has 0 spiro atoms. The molecule has 1 saturated carbocycles. The molecule has 2 aliphatic rings. The SMILES string of the molecule is O=C(O)C1CN(C(=O)CNC2CCCC2)C1. The predicted octanol–water partition coefficient (Wildman–Crippen LogP) is 0.0616. The van der Waals surface area contributed by atoms with E-state index in [0.717, 1.165) is 12.8 Å². The number of hydrogen-bond donors (Lipinski definition) is 2. The van der Waals surface area contributed by atoms with E-state index in [-0.39, 0.29) is 11.8 Å². The minimum absolute atomic E-state index is 0.0319. The van der Waals surface area contributed by atoms with Gasteiger partial charge in [0.05, 0.1) is 12.5 Å². The molecule has 5 heteroatoms. The molecule has 1 heterocycles. The molecule has 5 nitrogen and oxygen atoms in total. The van der Waals surface area contributed by atoms with Crippen LogP contribution in [0.25, 0.3) is 0 Å². The van der Waals surface area contributed by atoms with Crippen LogP contribution in [-0.4, -0.2) is 47.6 Å². The Kier molecular flexibility index (Phi) is 3.43. The number of carbonyl (C=O) groups excluding carboxylic acids is 1. The van der Waals surface area contributed by atoms with Crippen molar-refractivity contribution in [3.8, 4) is 0 Å². The number of nitrogens with zero attached hydrogens (tertiary/aromatic N) is 1. The van der Waals surface area contributed by atoms with Crippen LogP contribution in [0.2, 0.25) is 0 Å². The molecule has 2 rings (SSSR count). The fraction of sp³-hybridized carbons (Fsp3) is 0.818. The van der Waals surface area contributed by atoms with Crippen molar-refractivity contribution < 1.29 is 14.7 Å². The molecule has 0 aromatic heterocycles. The average Bonchev–Trinajstić information content (AvgIpc) is 2.63. The molecule has 1 saturated heterocycles. The van der Waals surface area contributed by atoms with E-state index in [2.05, 4.69) is 5.32 Å². The number of aliphatic carboxylic acids is 1. The van der Waals surface area contributed by atoms with Crippen molar-refractivity contribution in [3.05, 3.63) is 0 Å². The highest BCUT2D eigenvalue weighted by Gasteiger charge is 2.35. The second-order valence-electron chi connectivity index (χ2n) is 4.70. The third-order valence-corrected chi connectivity index (χ3v) is 3.48. The van der Waals surface area contributed by atoms with Crippen LogP contribution in [-0.2, 0) is 9.59 Å². The third-order valence-electron chi connectivity index (χ3n) is 3.48. The van der Waals surface area contributed by atoms with Crippen LogP contribution in [0, 0.1) is 5.92 Å². The number of rotatable bonds is 4. The third kappa shape index (κ3) is 2.52. The summed E-state index contributed by atoms with van der Waals surface area (Å²) in [6.07, 6.45) is 4.81. The molecule has 2 fully saturated rings. The number of likely N-dealkylation sites (tertiary alicyclic amines) is 1. The maximum Gasteiger partial charge on any atom is 0.310 e. The molecule has 0 aromatic rings. The highest BCUT2D eigenvalue weighted by molar-refractivity contribution is 5.82. The average molecular weight is 226 g/mol. The van der Waals surface area contributed by atoms with E-state index in [4.69, 9.17) is 5.11 Å². The summed E-state index contributed by atoms with van der Waals surface area (Å²) in [6, 6.07) is 0.487. The summed E-state index contributed by atoms with van der Waals surface area (Å²) in [7, 11) is 0. The van der Waals surface area contributed by atoms with Crippen LogP contribution >= 0.6 is 0 Å². The molecule has 0 radical (unpaired) electrons. The first-order chi connectivity index (χ1) is 7.66. The van der Waals surface area contributed by atoms with Crippen LogP contribution in [0.5, 0.6) is 0 Å². The van der Waals surface area contributed by atoms with Crippen molar-refractivity contribution in [1.82, 2.24) is 10.2 Å². The van der Waals surface area contributed by atoms with Gasteiger partial charge in [-0.2, -0.15) is 0 Å². The number of carboxylic acid groups (broad SMARTS) is 1. The second-order valence-corrected chi connectivity index (χ2v) is 4.70. The van der Waals surface area contributed by atoms with Gasteiger partial charge < -0.3 is 15.3 Å². The first-order valence-corrected chi connectivity index (χ1v) is 5.91. The Morgan fingerprint density at radius 2 is 1.88 bits per heavy atom. The number of nitrogens with one attached hydrogen (secondary N) is 1. The number of carbonyl (C=O) groups is 2. The molecule has 0 bridgehead atoms. The lowest BCUT2D eigenvalue weighted by molar-refractivity contribution is -0.152. The van der Waals surface area contributed by atoms with Gasteiger partial charge in [0.2, 0.25) is 5.91 Å². The zero-order chi connectivity index (χ0) is 11.5. The lowest BCUT2D eigenvalue weighted by atomic mass is 10.0. The highest BCUT2D eigenvalue weighted by atomic mass is 16.4. The molecule has 2 N–H and O–H groups in total. The van der Waals surface area contributed by atoms with Crippen LogP contribution in [0.1, 0.15) is 25.7 Å². The van der Waals surface area contributed by atoms with Crippen LogP contribution < -0.4 is 5.32 Å². The predicted molar refractivity (Wildman–Crippen MR) is 58.0 cm³/mol. The minimum Gasteiger partial charge on any atom is -0.481 e. The van der Waals surface area contributed by atoms with E-state index < -0.39 is 5.97 Å². The summed E-state index contributed by atoms with van der Waals surface area (Å²) in [5, 5.41) is 11.9. The molecule has 16 heavy (non-hydrogen) atoms. The number of carboxylic acids is 1. The molecule has 1 aliphatic carbocycles.